The minimum atomic E-state index is -0.542. The topological polar surface area (TPSA) is 131 Å². The first-order chi connectivity index (χ1) is 11.9. The van der Waals surface area contributed by atoms with E-state index in [-0.39, 0.29) is 40.2 Å². The molecule has 7 nitrogen and oxygen atoms in total. The van der Waals surface area contributed by atoms with E-state index in [4.69, 9.17) is 9.52 Å². The lowest BCUT2D eigenvalue weighted by molar-refractivity contribution is 0.404. The van der Waals surface area contributed by atoms with E-state index in [9.17, 15) is 25.2 Å². The first-order valence-corrected chi connectivity index (χ1v) is 7.25. The van der Waals surface area contributed by atoms with Gasteiger partial charge < -0.3 is 29.9 Å². The first-order valence-electron chi connectivity index (χ1n) is 7.25. The molecule has 128 valence electrons. The molecule has 0 saturated carbocycles. The summed E-state index contributed by atoms with van der Waals surface area (Å²) >= 11 is 0. The smallest absolute Gasteiger partial charge is 0.200 e. The molecule has 1 aromatic heterocycles. The molecule has 3 rings (SSSR count). The predicted molar refractivity (Wildman–Crippen MR) is 90.1 cm³/mol. The van der Waals surface area contributed by atoms with E-state index in [1.165, 1.54) is 30.3 Å². The van der Waals surface area contributed by atoms with Crippen molar-refractivity contribution in [2.75, 3.05) is 0 Å². The maximum Gasteiger partial charge on any atom is 0.200 e. The van der Waals surface area contributed by atoms with Crippen LogP contribution in [0.4, 0.5) is 0 Å². The molecule has 0 unspecified atom stereocenters. The molecule has 0 saturated heterocycles. The number of aliphatic hydroxyl groups excluding tert-OH is 1. The molecule has 7 heteroatoms. The second-order valence-electron chi connectivity index (χ2n) is 5.37. The fraction of sp³-hybridized carbons (Fsp3) is 0.0556. The van der Waals surface area contributed by atoms with Gasteiger partial charge in [-0.2, -0.15) is 0 Å². The Morgan fingerprint density at radius 3 is 2.40 bits per heavy atom. The molecule has 3 aromatic rings. The van der Waals surface area contributed by atoms with Crippen molar-refractivity contribution in [3.05, 3.63) is 58.5 Å². The number of fused-ring (bicyclic) bond motifs is 1. The molecule has 0 aliphatic heterocycles. The summed E-state index contributed by atoms with van der Waals surface area (Å²) in [5.74, 6) is -1.37. The summed E-state index contributed by atoms with van der Waals surface area (Å²) in [5.41, 5.74) is -0.149. The number of aromatic hydroxyl groups is 4. The zero-order valence-corrected chi connectivity index (χ0v) is 12.8. The highest BCUT2D eigenvalue weighted by molar-refractivity contribution is 5.87. The van der Waals surface area contributed by atoms with Gasteiger partial charge in [-0.3, -0.25) is 4.79 Å². The van der Waals surface area contributed by atoms with Gasteiger partial charge in [0.25, 0.3) is 0 Å². The molecule has 0 amide bonds. The van der Waals surface area contributed by atoms with Gasteiger partial charge >= 0.3 is 0 Å². The normalized spacial score (nSPS) is 11.4. The molecular formula is C18H14O7. The Kier molecular flexibility index (Phi) is 3.98. The van der Waals surface area contributed by atoms with Crippen molar-refractivity contribution in [2.24, 2.45) is 0 Å². The summed E-state index contributed by atoms with van der Waals surface area (Å²) in [7, 11) is 0. The summed E-state index contributed by atoms with van der Waals surface area (Å²) in [4.78, 5) is 12.8. The Morgan fingerprint density at radius 1 is 0.960 bits per heavy atom. The summed E-state index contributed by atoms with van der Waals surface area (Å²) in [6.07, 6.45) is 2.10. The summed E-state index contributed by atoms with van der Waals surface area (Å²) in [5, 5.41) is 47.5. The summed E-state index contributed by atoms with van der Waals surface area (Å²) in [6, 6.07) is 6.10. The second-order valence-corrected chi connectivity index (χ2v) is 5.37. The molecule has 1 heterocycles. The van der Waals surface area contributed by atoms with Crippen LogP contribution in [0.2, 0.25) is 0 Å². The van der Waals surface area contributed by atoms with Crippen LogP contribution in [0.15, 0.2) is 51.9 Å². The van der Waals surface area contributed by atoms with E-state index >= 15 is 0 Å². The first kappa shape index (κ1) is 16.3. The average Bonchev–Trinajstić information content (AvgIpc) is 2.55. The van der Waals surface area contributed by atoms with E-state index in [0.717, 1.165) is 12.3 Å². The summed E-state index contributed by atoms with van der Waals surface area (Å²) in [6.45, 7) is 0. The SMILES string of the molecule is O=c1c(C/C=C/O)c(-c2ccc(O)c(O)c2)oc2cc(O)cc(O)c12. The molecule has 0 bridgehead atoms. The third-order valence-electron chi connectivity index (χ3n) is 3.72. The lowest BCUT2D eigenvalue weighted by atomic mass is 10.0. The molecule has 0 radical (unpaired) electrons. The van der Waals surface area contributed by atoms with Gasteiger partial charge in [0, 0.05) is 29.7 Å². The van der Waals surface area contributed by atoms with Crippen LogP contribution in [0.5, 0.6) is 23.0 Å². The minimum Gasteiger partial charge on any atom is -0.516 e. The molecule has 25 heavy (non-hydrogen) atoms. The zero-order valence-electron chi connectivity index (χ0n) is 12.8. The Balaban J connectivity index is 2.39. The van der Waals surface area contributed by atoms with Gasteiger partial charge in [-0.25, -0.2) is 0 Å². The van der Waals surface area contributed by atoms with Crippen molar-refractivity contribution in [1.82, 2.24) is 0 Å². The van der Waals surface area contributed by atoms with E-state index in [2.05, 4.69) is 0 Å². The molecule has 0 aliphatic rings. The van der Waals surface area contributed by atoms with Crippen molar-refractivity contribution in [3.63, 3.8) is 0 Å². The Morgan fingerprint density at radius 2 is 1.72 bits per heavy atom. The molecule has 2 aromatic carbocycles. The van der Waals surface area contributed by atoms with Gasteiger partial charge in [0.05, 0.1) is 6.26 Å². The Labute approximate surface area is 141 Å². The number of hydrogen-bond acceptors (Lipinski definition) is 7. The van der Waals surface area contributed by atoms with Crippen LogP contribution in [0.25, 0.3) is 22.3 Å². The monoisotopic (exact) mass is 342 g/mol. The maximum absolute atomic E-state index is 12.8. The van der Waals surface area contributed by atoms with Crippen molar-refractivity contribution < 1.29 is 29.9 Å². The number of aliphatic hydroxyl groups is 1. The lowest BCUT2D eigenvalue weighted by Crippen LogP contribution is -2.11. The van der Waals surface area contributed by atoms with Gasteiger partial charge in [-0.15, -0.1) is 0 Å². The quantitative estimate of drug-likeness (QED) is 0.365. The van der Waals surface area contributed by atoms with E-state index < -0.39 is 16.9 Å². The van der Waals surface area contributed by atoms with Gasteiger partial charge in [0.2, 0.25) is 5.43 Å². The number of allylic oxidation sites excluding steroid dienone is 1. The fourth-order valence-corrected chi connectivity index (χ4v) is 2.57. The van der Waals surface area contributed by atoms with Gasteiger partial charge in [-0.05, 0) is 24.3 Å². The summed E-state index contributed by atoms with van der Waals surface area (Å²) < 4.78 is 5.69. The van der Waals surface area contributed by atoms with Crippen molar-refractivity contribution in [1.29, 1.82) is 0 Å². The molecule has 5 N–H and O–H groups in total. The molecule has 0 aliphatic carbocycles. The average molecular weight is 342 g/mol. The van der Waals surface area contributed by atoms with Gasteiger partial charge in [0.15, 0.2) is 11.5 Å². The van der Waals surface area contributed by atoms with Crippen molar-refractivity contribution in [3.8, 4) is 34.3 Å². The Bertz CT molecular complexity index is 1050. The highest BCUT2D eigenvalue weighted by Gasteiger charge is 2.19. The molecular weight excluding hydrogens is 328 g/mol. The van der Waals surface area contributed by atoms with Crippen molar-refractivity contribution >= 4 is 11.0 Å². The molecule has 0 spiro atoms. The third kappa shape index (κ3) is 2.83. The highest BCUT2D eigenvalue weighted by Crippen LogP contribution is 2.35. The van der Waals surface area contributed by atoms with E-state index in [0.29, 0.717) is 5.56 Å². The van der Waals surface area contributed by atoms with Crippen LogP contribution < -0.4 is 5.43 Å². The minimum absolute atomic E-state index is 0.00601. The number of phenolic OH excluding ortho intramolecular Hbond substituents is 4. The van der Waals surface area contributed by atoms with Gasteiger partial charge in [-0.1, -0.05) is 0 Å². The fourth-order valence-electron chi connectivity index (χ4n) is 2.57. The van der Waals surface area contributed by atoms with Crippen LogP contribution >= 0.6 is 0 Å². The zero-order chi connectivity index (χ0) is 18.1. The standard InChI is InChI=1S/C18H14O7/c19-5-1-2-11-17(24)16-14(23)7-10(20)8-15(16)25-18(11)9-3-4-12(21)13(22)6-9/h1,3-8,19-23H,2H2/b5-1+. The number of benzene rings is 2. The van der Waals surface area contributed by atoms with Crippen LogP contribution in [0.1, 0.15) is 5.56 Å². The van der Waals surface area contributed by atoms with E-state index in [1.54, 1.807) is 0 Å². The maximum atomic E-state index is 12.8. The van der Waals surface area contributed by atoms with Crippen LogP contribution in [0.3, 0.4) is 0 Å². The number of phenols is 4. The van der Waals surface area contributed by atoms with Crippen LogP contribution in [0, 0.1) is 0 Å². The second kappa shape index (κ2) is 6.12. The largest absolute Gasteiger partial charge is 0.516 e. The Hall–Kier alpha value is -3.61. The highest BCUT2D eigenvalue weighted by atomic mass is 16.3. The lowest BCUT2D eigenvalue weighted by Gasteiger charge is -2.11. The number of rotatable bonds is 3. The number of hydrogen-bond donors (Lipinski definition) is 5. The van der Waals surface area contributed by atoms with Crippen molar-refractivity contribution in [2.45, 2.75) is 6.42 Å². The molecule has 0 fully saturated rings. The van der Waals surface area contributed by atoms with E-state index in [1.807, 2.05) is 0 Å². The van der Waals surface area contributed by atoms with Crippen LogP contribution in [-0.4, -0.2) is 25.5 Å². The van der Waals surface area contributed by atoms with Gasteiger partial charge in [0.1, 0.15) is 28.2 Å². The van der Waals surface area contributed by atoms with Crippen LogP contribution in [-0.2, 0) is 6.42 Å². The third-order valence-corrected chi connectivity index (χ3v) is 3.72. The predicted octanol–water partition coefficient (Wildman–Crippen LogP) is 2.90. The molecule has 0 atom stereocenters.